The predicted octanol–water partition coefficient (Wildman–Crippen LogP) is 2.82. The van der Waals surface area contributed by atoms with Crippen molar-refractivity contribution in [1.29, 1.82) is 0 Å². The largest absolute Gasteiger partial charge is 0.573 e. The first-order chi connectivity index (χ1) is 7.52. The van der Waals surface area contributed by atoms with Crippen LogP contribution >= 0.6 is 33.3 Å². The monoisotopic (exact) mass is 401 g/mol. The molecule has 0 atom stereocenters. The van der Waals surface area contributed by atoms with Gasteiger partial charge in [0.1, 0.15) is 8.60 Å². The maximum Gasteiger partial charge on any atom is 0.573 e. The number of hydrogen-bond donors (Lipinski definition) is 0. The Morgan fingerprint density at radius 2 is 2.00 bits per heavy atom. The van der Waals surface area contributed by atoms with Crippen LogP contribution in [-0.4, -0.2) is 19.8 Å². The summed E-state index contributed by atoms with van der Waals surface area (Å²) in [7, 11) is 0.636. The zero-order chi connectivity index (χ0) is 13.4. The normalized spacial score (nSPS) is 12.6. The molecule has 0 aromatic carbocycles. The van der Waals surface area contributed by atoms with Gasteiger partial charge in [0, 0.05) is 16.2 Å². The van der Waals surface area contributed by atoms with E-state index in [1.165, 1.54) is 6.92 Å². The molecule has 0 aliphatic carbocycles. The second kappa shape index (κ2) is 4.76. The Hall–Kier alpha value is -0.290. The minimum atomic E-state index is -5.01. The highest BCUT2D eigenvalue weighted by molar-refractivity contribution is 14.1. The van der Waals surface area contributed by atoms with Crippen molar-refractivity contribution in [3.05, 3.63) is 15.5 Å². The zero-order valence-corrected chi connectivity index (χ0v) is 11.8. The maximum absolute atomic E-state index is 12.1. The molecule has 0 aliphatic heterocycles. The van der Waals surface area contributed by atoms with E-state index in [4.69, 9.17) is 10.7 Å². The summed E-state index contributed by atoms with van der Waals surface area (Å²) in [5, 5.41) is 0. The van der Waals surface area contributed by atoms with Crippen molar-refractivity contribution in [1.82, 2.24) is 4.98 Å². The Labute approximate surface area is 113 Å². The number of pyridine rings is 1. The SMILES string of the molecule is Cc1c(I)ncc(S(=O)(=O)Cl)c1OC(F)(F)F. The standard InChI is InChI=1S/C7H4ClF3INO3S/c1-3-5(16-7(9,10)11)4(17(8,14)15)2-13-6(3)12/h2H,1H3. The number of ether oxygens (including phenoxy) is 1. The average Bonchev–Trinajstić information content (AvgIpc) is 2.08. The average molecular weight is 402 g/mol. The zero-order valence-electron chi connectivity index (χ0n) is 8.05. The van der Waals surface area contributed by atoms with Gasteiger partial charge in [0.2, 0.25) is 0 Å². The van der Waals surface area contributed by atoms with Crippen molar-refractivity contribution in [2.75, 3.05) is 0 Å². The molecule has 0 N–H and O–H groups in total. The molecule has 0 saturated carbocycles. The second-order valence-electron chi connectivity index (χ2n) is 2.85. The molecule has 0 saturated heterocycles. The smallest absolute Gasteiger partial charge is 0.404 e. The van der Waals surface area contributed by atoms with Gasteiger partial charge in [-0.2, -0.15) is 0 Å². The van der Waals surface area contributed by atoms with Gasteiger partial charge >= 0.3 is 6.36 Å². The van der Waals surface area contributed by atoms with Crippen molar-refractivity contribution >= 4 is 42.3 Å². The Kier molecular flexibility index (Phi) is 4.14. The van der Waals surface area contributed by atoms with E-state index >= 15 is 0 Å². The molecule has 1 heterocycles. The summed E-state index contributed by atoms with van der Waals surface area (Å²) in [5.74, 6) is -0.855. The lowest BCUT2D eigenvalue weighted by molar-refractivity contribution is -0.275. The quantitative estimate of drug-likeness (QED) is 0.434. The van der Waals surface area contributed by atoms with Gasteiger partial charge in [0.15, 0.2) is 5.75 Å². The summed E-state index contributed by atoms with van der Waals surface area (Å²) in [6.45, 7) is 1.25. The summed E-state index contributed by atoms with van der Waals surface area (Å²) < 4.78 is 62.4. The van der Waals surface area contributed by atoms with Gasteiger partial charge < -0.3 is 4.74 Å². The van der Waals surface area contributed by atoms with Crippen molar-refractivity contribution in [3.8, 4) is 5.75 Å². The fraction of sp³-hybridized carbons (Fsp3) is 0.286. The van der Waals surface area contributed by atoms with E-state index in [9.17, 15) is 21.6 Å². The van der Waals surface area contributed by atoms with Crippen molar-refractivity contribution in [3.63, 3.8) is 0 Å². The third-order valence-corrected chi connectivity index (χ3v) is 4.05. The molecule has 0 radical (unpaired) electrons. The van der Waals surface area contributed by atoms with Gasteiger partial charge in [-0.15, -0.1) is 13.2 Å². The predicted molar refractivity (Wildman–Crippen MR) is 61.4 cm³/mol. The third kappa shape index (κ3) is 3.85. The number of rotatable bonds is 2. The molecular formula is C7H4ClF3INO3S. The number of halogens is 5. The molecule has 10 heteroatoms. The highest BCUT2D eigenvalue weighted by Gasteiger charge is 2.35. The van der Waals surface area contributed by atoms with Crippen LogP contribution in [0.1, 0.15) is 5.56 Å². The van der Waals surface area contributed by atoms with E-state index in [2.05, 4.69) is 9.72 Å². The Balaban J connectivity index is 3.48. The van der Waals surface area contributed by atoms with Gasteiger partial charge in [-0.1, -0.05) is 0 Å². The first kappa shape index (κ1) is 14.8. The topological polar surface area (TPSA) is 56.3 Å². The minimum Gasteiger partial charge on any atom is -0.404 e. The summed E-state index contributed by atoms with van der Waals surface area (Å²) >= 11 is 1.65. The minimum absolute atomic E-state index is 0.0512. The van der Waals surface area contributed by atoms with E-state index in [0.717, 1.165) is 6.20 Å². The molecule has 0 fully saturated rings. The Morgan fingerprint density at radius 1 is 1.47 bits per heavy atom. The summed E-state index contributed by atoms with van der Waals surface area (Å²) in [6, 6.07) is 0. The Bertz CT molecular complexity index is 546. The fourth-order valence-electron chi connectivity index (χ4n) is 0.965. The number of alkyl halides is 3. The lowest BCUT2D eigenvalue weighted by Gasteiger charge is -2.14. The highest BCUT2D eigenvalue weighted by atomic mass is 127. The van der Waals surface area contributed by atoms with Crippen LogP contribution in [0.4, 0.5) is 13.2 Å². The van der Waals surface area contributed by atoms with Crippen LogP contribution in [0.3, 0.4) is 0 Å². The first-order valence-electron chi connectivity index (χ1n) is 3.88. The Morgan fingerprint density at radius 3 is 2.41 bits per heavy atom. The van der Waals surface area contributed by atoms with E-state index in [1.807, 2.05) is 0 Å². The molecule has 0 aliphatic rings. The molecule has 96 valence electrons. The van der Waals surface area contributed by atoms with E-state index in [-0.39, 0.29) is 9.26 Å². The molecule has 0 bridgehead atoms. The lowest BCUT2D eigenvalue weighted by Crippen LogP contribution is -2.19. The van der Waals surface area contributed by atoms with Crippen molar-refractivity contribution < 1.29 is 26.3 Å². The van der Waals surface area contributed by atoms with E-state index in [1.54, 1.807) is 22.6 Å². The number of aromatic nitrogens is 1. The van der Waals surface area contributed by atoms with Crippen LogP contribution < -0.4 is 4.74 Å². The molecule has 17 heavy (non-hydrogen) atoms. The molecule has 1 rings (SSSR count). The van der Waals surface area contributed by atoms with Gasteiger partial charge in [-0.3, -0.25) is 0 Å². The van der Waals surface area contributed by atoms with Gasteiger partial charge in [-0.05, 0) is 29.5 Å². The number of hydrogen-bond acceptors (Lipinski definition) is 4. The van der Waals surface area contributed by atoms with Crippen LogP contribution in [0.15, 0.2) is 11.1 Å². The first-order valence-corrected chi connectivity index (χ1v) is 7.26. The second-order valence-corrected chi connectivity index (χ2v) is 6.41. The van der Waals surface area contributed by atoms with Crippen LogP contribution in [0.25, 0.3) is 0 Å². The van der Waals surface area contributed by atoms with Crippen molar-refractivity contribution in [2.24, 2.45) is 0 Å². The summed E-state index contributed by atoms with van der Waals surface area (Å²) in [5.41, 5.74) is -0.0512. The molecule has 1 aromatic rings. The van der Waals surface area contributed by atoms with Crippen LogP contribution in [-0.2, 0) is 9.05 Å². The maximum atomic E-state index is 12.1. The van der Waals surface area contributed by atoms with Crippen LogP contribution in [0.2, 0.25) is 0 Å². The third-order valence-electron chi connectivity index (χ3n) is 1.65. The van der Waals surface area contributed by atoms with E-state index < -0.39 is 26.1 Å². The van der Waals surface area contributed by atoms with Crippen molar-refractivity contribution in [2.45, 2.75) is 18.2 Å². The molecular weight excluding hydrogens is 397 g/mol. The van der Waals surface area contributed by atoms with E-state index in [0.29, 0.717) is 0 Å². The molecule has 0 unspecified atom stereocenters. The highest BCUT2D eigenvalue weighted by Crippen LogP contribution is 2.35. The summed E-state index contributed by atoms with van der Waals surface area (Å²) in [6.07, 6.45) is -4.29. The van der Waals surface area contributed by atoms with Crippen LogP contribution in [0.5, 0.6) is 5.75 Å². The van der Waals surface area contributed by atoms with Gasteiger partial charge in [0.05, 0.1) is 6.20 Å². The summed E-state index contributed by atoms with van der Waals surface area (Å²) in [4.78, 5) is 2.80. The lowest BCUT2D eigenvalue weighted by atomic mass is 10.3. The van der Waals surface area contributed by atoms with Crippen LogP contribution in [0, 0.1) is 10.6 Å². The molecule has 4 nitrogen and oxygen atoms in total. The number of nitrogens with zero attached hydrogens (tertiary/aromatic N) is 1. The molecule has 1 aromatic heterocycles. The van der Waals surface area contributed by atoms with Gasteiger partial charge in [0.25, 0.3) is 9.05 Å². The van der Waals surface area contributed by atoms with Gasteiger partial charge in [-0.25, -0.2) is 13.4 Å². The fourth-order valence-corrected chi connectivity index (χ4v) is 2.27. The molecule has 0 amide bonds. The molecule has 0 spiro atoms.